The summed E-state index contributed by atoms with van der Waals surface area (Å²) in [6.45, 7) is 4.01. The van der Waals surface area contributed by atoms with Gasteiger partial charge in [-0.05, 0) is 46.3 Å². The molecule has 8 nitrogen and oxygen atoms in total. The maximum atomic E-state index is 6.01. The average Bonchev–Trinajstić information content (AvgIpc) is 3.27. The molecule has 0 bridgehead atoms. The zero-order valence-electron chi connectivity index (χ0n) is 15.5. The molecule has 0 atom stereocenters. The van der Waals surface area contributed by atoms with Gasteiger partial charge in [0.05, 0.1) is 0 Å². The second kappa shape index (κ2) is 8.05. The Labute approximate surface area is 161 Å². The molecule has 2 heterocycles. The third-order valence-electron chi connectivity index (χ3n) is 3.98. The van der Waals surface area contributed by atoms with Crippen LogP contribution in [0.5, 0.6) is 0 Å². The first-order valence-electron chi connectivity index (χ1n) is 8.24. The Bertz CT molecular complexity index is 1040. The summed E-state index contributed by atoms with van der Waals surface area (Å²) < 4.78 is 3.27. The molecule has 4 aromatic rings. The zero-order valence-corrected chi connectivity index (χ0v) is 16.3. The van der Waals surface area contributed by atoms with Crippen molar-refractivity contribution in [1.29, 1.82) is 0 Å². The monoisotopic (exact) mass is 382 g/mol. The van der Waals surface area contributed by atoms with Gasteiger partial charge < -0.3 is 0 Å². The molecule has 138 valence electrons. The van der Waals surface area contributed by atoms with Crippen LogP contribution in [-0.2, 0) is 14.1 Å². The first-order valence-corrected chi connectivity index (χ1v) is 8.62. The summed E-state index contributed by atoms with van der Waals surface area (Å²) in [7, 11) is 3.62. The first kappa shape index (κ1) is 18.7. The van der Waals surface area contributed by atoms with Crippen molar-refractivity contribution in [3.8, 4) is 22.8 Å². The van der Waals surface area contributed by atoms with Crippen LogP contribution >= 0.6 is 11.6 Å². The molecule has 0 aliphatic rings. The van der Waals surface area contributed by atoms with Crippen LogP contribution in [0.4, 0.5) is 0 Å². The van der Waals surface area contributed by atoms with E-state index in [9.17, 15) is 0 Å². The lowest BCUT2D eigenvalue weighted by Crippen LogP contribution is -1.94. The molecule has 2 aromatic heterocycles. The summed E-state index contributed by atoms with van der Waals surface area (Å²) in [6, 6.07) is 13.9. The topological polar surface area (TPSA) is 87.2 Å². The van der Waals surface area contributed by atoms with Crippen molar-refractivity contribution >= 4 is 11.6 Å². The maximum absolute atomic E-state index is 6.01. The normalized spacial score (nSPS) is 10.4. The number of halogens is 1. The van der Waals surface area contributed by atoms with E-state index in [1.54, 1.807) is 16.4 Å². The molecule has 0 N–H and O–H groups in total. The van der Waals surface area contributed by atoms with E-state index in [0.29, 0.717) is 5.82 Å². The van der Waals surface area contributed by atoms with Gasteiger partial charge in [0.15, 0.2) is 11.6 Å². The van der Waals surface area contributed by atoms with Crippen molar-refractivity contribution in [2.45, 2.75) is 13.8 Å². The second-order valence-corrected chi connectivity index (χ2v) is 6.49. The van der Waals surface area contributed by atoms with Gasteiger partial charge in [-0.2, -0.15) is 0 Å². The van der Waals surface area contributed by atoms with E-state index in [1.165, 1.54) is 5.56 Å². The number of nitrogens with zero attached hydrogens (tertiary/aromatic N) is 8. The number of hydrogen-bond acceptors (Lipinski definition) is 6. The number of hydrogen-bond donors (Lipinski definition) is 0. The van der Waals surface area contributed by atoms with Crippen molar-refractivity contribution in [1.82, 2.24) is 40.4 Å². The lowest BCUT2D eigenvalue weighted by molar-refractivity contribution is 0.714. The van der Waals surface area contributed by atoms with Crippen LogP contribution in [-0.4, -0.2) is 40.4 Å². The third kappa shape index (κ3) is 4.35. The van der Waals surface area contributed by atoms with Gasteiger partial charge in [-0.3, -0.25) is 0 Å². The summed E-state index contributed by atoms with van der Waals surface area (Å²) in [5.74, 6) is 1.51. The predicted octanol–water partition coefficient (Wildman–Crippen LogP) is 3.02. The molecule has 0 radical (unpaired) electrons. The molecule has 0 saturated carbocycles. The molecule has 0 unspecified atom stereocenters. The van der Waals surface area contributed by atoms with Crippen molar-refractivity contribution in [3.63, 3.8) is 0 Å². The molecule has 0 aliphatic carbocycles. The van der Waals surface area contributed by atoms with Crippen LogP contribution in [0.2, 0.25) is 5.02 Å². The van der Waals surface area contributed by atoms with E-state index in [4.69, 9.17) is 11.6 Å². The molecule has 0 fully saturated rings. The minimum atomic E-state index is 0.715. The SMILES string of the molecule is Cc1ccc(-c2nnnn2C)cc1.Cc1ccc(-c2nnnn2C)cc1Cl. The van der Waals surface area contributed by atoms with E-state index in [2.05, 4.69) is 38.0 Å². The van der Waals surface area contributed by atoms with Crippen LogP contribution in [0, 0.1) is 13.8 Å². The summed E-state index contributed by atoms with van der Waals surface area (Å²) in [6.07, 6.45) is 0. The summed E-state index contributed by atoms with van der Waals surface area (Å²) in [4.78, 5) is 0. The smallest absolute Gasteiger partial charge is 0.181 e. The lowest BCUT2D eigenvalue weighted by atomic mass is 10.1. The Morgan fingerprint density at radius 1 is 0.741 bits per heavy atom. The third-order valence-corrected chi connectivity index (χ3v) is 4.39. The highest BCUT2D eigenvalue weighted by Gasteiger charge is 2.06. The van der Waals surface area contributed by atoms with Crippen LogP contribution in [0.15, 0.2) is 42.5 Å². The highest BCUT2D eigenvalue weighted by molar-refractivity contribution is 6.31. The molecule has 0 amide bonds. The van der Waals surface area contributed by atoms with E-state index in [-0.39, 0.29) is 0 Å². The standard InChI is InChI=1S/C9H9ClN4.C9H10N4/c1-6-3-4-7(5-8(6)10)9-11-12-13-14(9)2;1-7-3-5-8(6-4-7)9-10-11-12-13(9)2/h3-5H,1-2H3;3-6H,1-2H3. The van der Waals surface area contributed by atoms with Gasteiger partial charge >= 0.3 is 0 Å². The molecule has 9 heteroatoms. The Hall–Kier alpha value is -3.13. The quantitative estimate of drug-likeness (QED) is 0.529. The van der Waals surface area contributed by atoms with Crippen LogP contribution < -0.4 is 0 Å². The molecule has 2 aromatic carbocycles. The van der Waals surface area contributed by atoms with Crippen LogP contribution in [0.3, 0.4) is 0 Å². The molecule has 4 rings (SSSR count). The Balaban J connectivity index is 0.000000156. The predicted molar refractivity (Wildman–Crippen MR) is 103 cm³/mol. The van der Waals surface area contributed by atoms with Crippen molar-refractivity contribution in [2.24, 2.45) is 14.1 Å². The first-order chi connectivity index (χ1) is 13.0. The summed E-state index contributed by atoms with van der Waals surface area (Å²) in [5, 5.41) is 23.2. The lowest BCUT2D eigenvalue weighted by Gasteiger charge is -2.01. The Kier molecular flexibility index (Phi) is 5.56. The summed E-state index contributed by atoms with van der Waals surface area (Å²) >= 11 is 6.01. The van der Waals surface area contributed by atoms with Gasteiger partial charge in [0.25, 0.3) is 0 Å². The van der Waals surface area contributed by atoms with Gasteiger partial charge in [-0.25, -0.2) is 9.36 Å². The van der Waals surface area contributed by atoms with Gasteiger partial charge in [-0.15, -0.1) is 10.2 Å². The van der Waals surface area contributed by atoms with E-state index >= 15 is 0 Å². The molecule has 27 heavy (non-hydrogen) atoms. The number of aromatic nitrogens is 8. The number of aryl methyl sites for hydroxylation is 4. The Morgan fingerprint density at radius 3 is 1.74 bits per heavy atom. The van der Waals surface area contributed by atoms with E-state index in [0.717, 1.165) is 27.5 Å². The van der Waals surface area contributed by atoms with Gasteiger partial charge in [0, 0.05) is 30.2 Å². The molecule has 0 spiro atoms. The fourth-order valence-corrected chi connectivity index (χ4v) is 2.56. The molecule has 0 saturated heterocycles. The number of rotatable bonds is 2. The molecule has 0 aliphatic heterocycles. The Morgan fingerprint density at radius 2 is 1.26 bits per heavy atom. The minimum absolute atomic E-state index is 0.715. The van der Waals surface area contributed by atoms with Crippen LogP contribution in [0.1, 0.15) is 11.1 Å². The molecular weight excluding hydrogens is 364 g/mol. The van der Waals surface area contributed by atoms with Gasteiger partial charge in [-0.1, -0.05) is 53.6 Å². The number of benzene rings is 2. The van der Waals surface area contributed by atoms with E-state index < -0.39 is 0 Å². The summed E-state index contributed by atoms with van der Waals surface area (Å²) in [5.41, 5.74) is 4.25. The number of tetrazole rings is 2. The van der Waals surface area contributed by atoms with Gasteiger partial charge in [0.2, 0.25) is 0 Å². The fourth-order valence-electron chi connectivity index (χ4n) is 2.38. The van der Waals surface area contributed by atoms with Crippen LogP contribution in [0.25, 0.3) is 22.8 Å². The van der Waals surface area contributed by atoms with Crippen molar-refractivity contribution in [3.05, 3.63) is 58.6 Å². The highest BCUT2D eigenvalue weighted by Crippen LogP contribution is 2.22. The zero-order chi connectivity index (χ0) is 19.4. The van der Waals surface area contributed by atoms with Crippen molar-refractivity contribution in [2.75, 3.05) is 0 Å². The van der Waals surface area contributed by atoms with Crippen molar-refractivity contribution < 1.29 is 0 Å². The fraction of sp³-hybridized carbons (Fsp3) is 0.222. The molecular formula is C18H19ClN8. The second-order valence-electron chi connectivity index (χ2n) is 6.08. The highest BCUT2D eigenvalue weighted by atomic mass is 35.5. The van der Waals surface area contributed by atoms with Gasteiger partial charge in [0.1, 0.15) is 0 Å². The van der Waals surface area contributed by atoms with E-state index in [1.807, 2.05) is 56.4 Å². The minimum Gasteiger partial charge on any atom is -0.229 e. The average molecular weight is 383 g/mol. The maximum Gasteiger partial charge on any atom is 0.181 e. The largest absolute Gasteiger partial charge is 0.229 e.